The van der Waals surface area contributed by atoms with Crippen molar-refractivity contribution in [2.45, 2.75) is 45.1 Å². The van der Waals surface area contributed by atoms with Crippen LogP contribution in [-0.2, 0) is 0 Å². The Bertz CT molecular complexity index is 303. The summed E-state index contributed by atoms with van der Waals surface area (Å²) in [6, 6.07) is 0.321. The topological polar surface area (TPSA) is 54.7 Å². The molecule has 3 nitrogen and oxygen atoms in total. The van der Waals surface area contributed by atoms with Gasteiger partial charge in [-0.05, 0) is 32.3 Å². The van der Waals surface area contributed by atoms with E-state index in [9.17, 15) is 0 Å². The first-order valence-electron chi connectivity index (χ1n) is 4.97. The van der Waals surface area contributed by atoms with Gasteiger partial charge in [-0.15, -0.1) is 0 Å². The molecule has 1 aliphatic carbocycles. The van der Waals surface area contributed by atoms with Gasteiger partial charge in [-0.1, -0.05) is 6.42 Å². The molecular formula is C10H17N3. The Hall–Kier alpha value is -0.830. The van der Waals surface area contributed by atoms with E-state index in [0.717, 1.165) is 6.42 Å². The van der Waals surface area contributed by atoms with Gasteiger partial charge >= 0.3 is 0 Å². The van der Waals surface area contributed by atoms with Crippen LogP contribution in [0.1, 0.15) is 42.1 Å². The number of hydrogen-bond donors (Lipinski definition) is 2. The summed E-state index contributed by atoms with van der Waals surface area (Å²) in [7, 11) is 0. The molecule has 1 aromatic heterocycles. The highest BCUT2D eigenvalue weighted by atomic mass is 15.1. The molecule has 0 aliphatic heterocycles. The molecule has 2 rings (SSSR count). The lowest BCUT2D eigenvalue weighted by molar-refractivity contribution is 0.594. The summed E-state index contributed by atoms with van der Waals surface area (Å²) in [6.07, 6.45) is 3.60. The van der Waals surface area contributed by atoms with Crippen molar-refractivity contribution < 1.29 is 0 Å². The minimum Gasteiger partial charge on any atom is -0.327 e. The van der Waals surface area contributed by atoms with Gasteiger partial charge in [0.25, 0.3) is 0 Å². The average molecular weight is 179 g/mol. The molecule has 13 heavy (non-hydrogen) atoms. The van der Waals surface area contributed by atoms with Crippen LogP contribution < -0.4 is 5.73 Å². The highest BCUT2D eigenvalue weighted by Crippen LogP contribution is 2.34. The van der Waals surface area contributed by atoms with Crippen molar-refractivity contribution in [3.8, 4) is 0 Å². The number of aromatic nitrogens is 2. The standard InChI is InChI=1S/C10H17N3/c1-6-7(2)12-13-10(6)8-4-3-5-9(8)11/h8-9H,3-5,11H2,1-2H3,(H,12,13). The van der Waals surface area contributed by atoms with E-state index >= 15 is 0 Å². The molecule has 72 valence electrons. The molecule has 3 heteroatoms. The van der Waals surface area contributed by atoms with Gasteiger partial charge < -0.3 is 5.73 Å². The van der Waals surface area contributed by atoms with E-state index in [1.54, 1.807) is 0 Å². The molecule has 0 radical (unpaired) electrons. The second-order valence-corrected chi connectivity index (χ2v) is 4.06. The number of hydrogen-bond acceptors (Lipinski definition) is 2. The van der Waals surface area contributed by atoms with Crippen molar-refractivity contribution in [3.05, 3.63) is 17.0 Å². The van der Waals surface area contributed by atoms with Gasteiger partial charge in [-0.2, -0.15) is 5.10 Å². The fraction of sp³-hybridized carbons (Fsp3) is 0.700. The van der Waals surface area contributed by atoms with Crippen LogP contribution in [0.3, 0.4) is 0 Å². The maximum atomic E-state index is 6.04. The summed E-state index contributed by atoms with van der Waals surface area (Å²) in [4.78, 5) is 0. The Morgan fingerprint density at radius 3 is 2.62 bits per heavy atom. The quantitative estimate of drug-likeness (QED) is 0.688. The lowest BCUT2D eigenvalue weighted by Crippen LogP contribution is -2.23. The summed E-state index contributed by atoms with van der Waals surface area (Å²) >= 11 is 0. The Kier molecular flexibility index (Phi) is 2.12. The fourth-order valence-corrected chi connectivity index (χ4v) is 2.19. The SMILES string of the molecule is Cc1[nH]nc(C2CCCC2N)c1C. The van der Waals surface area contributed by atoms with Crippen molar-refractivity contribution in [1.29, 1.82) is 0 Å². The predicted molar refractivity (Wildman–Crippen MR) is 52.6 cm³/mol. The molecule has 0 aromatic carbocycles. The molecular weight excluding hydrogens is 162 g/mol. The van der Waals surface area contributed by atoms with Gasteiger partial charge in [0.2, 0.25) is 0 Å². The van der Waals surface area contributed by atoms with E-state index in [4.69, 9.17) is 5.73 Å². The van der Waals surface area contributed by atoms with Crippen LogP contribution in [0.25, 0.3) is 0 Å². The molecule has 1 aromatic rings. The third-order valence-corrected chi connectivity index (χ3v) is 3.21. The summed E-state index contributed by atoms with van der Waals surface area (Å²) in [5, 5.41) is 7.37. The van der Waals surface area contributed by atoms with Crippen LogP contribution in [0.2, 0.25) is 0 Å². The molecule has 1 aliphatic rings. The summed E-state index contributed by atoms with van der Waals surface area (Å²) in [5.74, 6) is 0.491. The van der Waals surface area contributed by atoms with E-state index in [1.165, 1.54) is 29.8 Å². The number of nitrogens with one attached hydrogen (secondary N) is 1. The van der Waals surface area contributed by atoms with Crippen LogP contribution >= 0.6 is 0 Å². The Morgan fingerprint density at radius 2 is 2.15 bits per heavy atom. The minimum atomic E-state index is 0.321. The molecule has 0 amide bonds. The second-order valence-electron chi connectivity index (χ2n) is 4.06. The maximum absolute atomic E-state index is 6.04. The Balaban J connectivity index is 2.29. The van der Waals surface area contributed by atoms with Gasteiger partial charge in [-0.25, -0.2) is 0 Å². The second kappa shape index (κ2) is 3.14. The molecule has 1 heterocycles. The molecule has 1 fully saturated rings. The lowest BCUT2D eigenvalue weighted by Gasteiger charge is -2.13. The van der Waals surface area contributed by atoms with Gasteiger partial charge in [0.1, 0.15) is 0 Å². The molecule has 1 saturated carbocycles. The van der Waals surface area contributed by atoms with E-state index in [0.29, 0.717) is 12.0 Å². The monoisotopic (exact) mass is 179 g/mol. The molecule has 0 bridgehead atoms. The fourth-order valence-electron chi connectivity index (χ4n) is 2.19. The van der Waals surface area contributed by atoms with Crippen molar-refractivity contribution in [2.24, 2.45) is 5.73 Å². The number of aryl methyl sites for hydroxylation is 1. The van der Waals surface area contributed by atoms with Crippen LogP contribution in [0, 0.1) is 13.8 Å². The maximum Gasteiger partial charge on any atom is 0.0700 e. The normalized spacial score (nSPS) is 28.2. The summed E-state index contributed by atoms with van der Waals surface area (Å²) < 4.78 is 0. The summed E-state index contributed by atoms with van der Waals surface area (Å²) in [6.45, 7) is 4.19. The van der Waals surface area contributed by atoms with E-state index < -0.39 is 0 Å². The minimum absolute atomic E-state index is 0.321. The number of rotatable bonds is 1. The zero-order chi connectivity index (χ0) is 9.42. The van der Waals surface area contributed by atoms with Crippen molar-refractivity contribution in [2.75, 3.05) is 0 Å². The van der Waals surface area contributed by atoms with E-state index in [2.05, 4.69) is 24.0 Å². The smallest absolute Gasteiger partial charge is 0.0700 e. The zero-order valence-corrected chi connectivity index (χ0v) is 8.30. The van der Waals surface area contributed by atoms with Gasteiger partial charge in [-0.3, -0.25) is 5.10 Å². The van der Waals surface area contributed by atoms with Crippen LogP contribution in [0.5, 0.6) is 0 Å². The largest absolute Gasteiger partial charge is 0.327 e. The molecule has 0 spiro atoms. The first kappa shape index (κ1) is 8.75. The van der Waals surface area contributed by atoms with E-state index in [1.807, 2.05) is 0 Å². The predicted octanol–water partition coefficient (Wildman–Crippen LogP) is 1.62. The Morgan fingerprint density at radius 1 is 1.38 bits per heavy atom. The first-order chi connectivity index (χ1) is 6.20. The number of nitrogens with two attached hydrogens (primary N) is 1. The van der Waals surface area contributed by atoms with Crippen LogP contribution in [0.15, 0.2) is 0 Å². The van der Waals surface area contributed by atoms with Crippen LogP contribution in [-0.4, -0.2) is 16.2 Å². The van der Waals surface area contributed by atoms with Crippen molar-refractivity contribution >= 4 is 0 Å². The third kappa shape index (κ3) is 1.37. The molecule has 3 N–H and O–H groups in total. The lowest BCUT2D eigenvalue weighted by atomic mass is 9.97. The Labute approximate surface area is 78.7 Å². The first-order valence-corrected chi connectivity index (χ1v) is 4.97. The van der Waals surface area contributed by atoms with Gasteiger partial charge in [0.15, 0.2) is 0 Å². The van der Waals surface area contributed by atoms with Crippen LogP contribution in [0.4, 0.5) is 0 Å². The van der Waals surface area contributed by atoms with Gasteiger partial charge in [0.05, 0.1) is 5.69 Å². The van der Waals surface area contributed by atoms with E-state index in [-0.39, 0.29) is 0 Å². The highest BCUT2D eigenvalue weighted by Gasteiger charge is 2.28. The molecule has 2 atom stereocenters. The number of H-pyrrole nitrogens is 1. The van der Waals surface area contributed by atoms with Crippen molar-refractivity contribution in [3.63, 3.8) is 0 Å². The molecule has 0 saturated heterocycles. The van der Waals surface area contributed by atoms with Crippen molar-refractivity contribution in [1.82, 2.24) is 10.2 Å². The third-order valence-electron chi connectivity index (χ3n) is 3.21. The molecule has 2 unspecified atom stereocenters. The summed E-state index contributed by atoms with van der Waals surface area (Å²) in [5.41, 5.74) is 9.70. The zero-order valence-electron chi connectivity index (χ0n) is 8.30. The number of aromatic amines is 1. The highest BCUT2D eigenvalue weighted by molar-refractivity contribution is 5.27. The van der Waals surface area contributed by atoms with Gasteiger partial charge in [0, 0.05) is 17.7 Å². The number of nitrogens with zero attached hydrogens (tertiary/aromatic N) is 1. The average Bonchev–Trinajstić information content (AvgIpc) is 2.62.